The highest BCUT2D eigenvalue weighted by molar-refractivity contribution is 5.33. The highest BCUT2D eigenvalue weighted by atomic mass is 16.5. The minimum Gasteiger partial charge on any atom is -0.489 e. The molecule has 2 N–H and O–H groups in total. The fraction of sp³-hybridized carbons (Fsp3) is 0.625. The van der Waals surface area contributed by atoms with Crippen molar-refractivity contribution in [2.75, 3.05) is 26.7 Å². The molecule has 1 atom stereocenters. The summed E-state index contributed by atoms with van der Waals surface area (Å²) in [5, 5.41) is 0. The van der Waals surface area contributed by atoms with Crippen LogP contribution in [0.2, 0.25) is 0 Å². The Morgan fingerprint density at radius 1 is 1.32 bits per heavy atom. The van der Waals surface area contributed by atoms with Crippen LogP contribution in [0.5, 0.6) is 5.75 Å². The highest BCUT2D eigenvalue weighted by Gasteiger charge is 2.19. The van der Waals surface area contributed by atoms with Crippen molar-refractivity contribution in [3.05, 3.63) is 29.8 Å². The summed E-state index contributed by atoms with van der Waals surface area (Å²) in [6.07, 6.45) is 6.03. The monoisotopic (exact) mass is 262 g/mol. The van der Waals surface area contributed by atoms with Gasteiger partial charge in [0.2, 0.25) is 0 Å². The van der Waals surface area contributed by atoms with Crippen LogP contribution in [0, 0.1) is 0 Å². The van der Waals surface area contributed by atoms with E-state index in [1.807, 2.05) is 0 Å². The molecule has 1 heterocycles. The summed E-state index contributed by atoms with van der Waals surface area (Å²) in [5.41, 5.74) is 6.88. The molecule has 0 amide bonds. The molecule has 0 saturated carbocycles. The van der Waals surface area contributed by atoms with Gasteiger partial charge in [-0.2, -0.15) is 0 Å². The molecule has 0 spiro atoms. The number of ether oxygens (including phenoxy) is 1. The highest BCUT2D eigenvalue weighted by Crippen LogP contribution is 2.23. The van der Waals surface area contributed by atoms with Gasteiger partial charge in [0.25, 0.3) is 0 Å². The summed E-state index contributed by atoms with van der Waals surface area (Å²) in [5.74, 6) is 1.07. The van der Waals surface area contributed by atoms with Crippen molar-refractivity contribution < 1.29 is 4.74 Å². The summed E-state index contributed by atoms with van der Waals surface area (Å²) < 4.78 is 6.21. The summed E-state index contributed by atoms with van der Waals surface area (Å²) in [4.78, 5) is 2.35. The van der Waals surface area contributed by atoms with Gasteiger partial charge in [0.15, 0.2) is 0 Å². The first-order valence-electron chi connectivity index (χ1n) is 7.43. The third kappa shape index (κ3) is 4.51. The zero-order valence-electron chi connectivity index (χ0n) is 12.0. The number of para-hydroxylation sites is 1. The molecule has 0 bridgehead atoms. The zero-order valence-corrected chi connectivity index (χ0v) is 12.0. The van der Waals surface area contributed by atoms with Crippen LogP contribution in [0.4, 0.5) is 0 Å². The zero-order chi connectivity index (χ0) is 13.5. The van der Waals surface area contributed by atoms with Gasteiger partial charge in [-0.3, -0.25) is 0 Å². The van der Waals surface area contributed by atoms with Crippen LogP contribution >= 0.6 is 0 Å². The number of benzene rings is 1. The van der Waals surface area contributed by atoms with Crippen LogP contribution in [0.25, 0.3) is 0 Å². The summed E-state index contributed by atoms with van der Waals surface area (Å²) in [7, 11) is 2.17. The molecule has 3 nitrogen and oxygen atoms in total. The number of nitrogens with two attached hydrogens (primary N) is 1. The standard InChI is InChI=1S/C16H26N2O/c1-18-12-6-9-15(13-18)19-16-10-3-2-7-14(16)8-4-5-11-17/h2-3,7,10,15H,4-6,8-9,11-13,17H2,1H3. The molecule has 2 rings (SSSR count). The minimum absolute atomic E-state index is 0.342. The Kier molecular flexibility index (Phi) is 5.67. The van der Waals surface area contributed by atoms with E-state index in [-0.39, 0.29) is 0 Å². The van der Waals surface area contributed by atoms with E-state index in [2.05, 4.69) is 36.2 Å². The fourth-order valence-electron chi connectivity index (χ4n) is 2.68. The van der Waals surface area contributed by atoms with E-state index >= 15 is 0 Å². The molecule has 1 aliphatic rings. The SMILES string of the molecule is CN1CCCC(Oc2ccccc2CCCCN)C1. The molecule has 1 aromatic carbocycles. The Morgan fingerprint density at radius 2 is 2.16 bits per heavy atom. The molecular formula is C16H26N2O. The molecule has 0 aliphatic carbocycles. The Hall–Kier alpha value is -1.06. The largest absolute Gasteiger partial charge is 0.489 e. The number of rotatable bonds is 6. The van der Waals surface area contributed by atoms with E-state index in [9.17, 15) is 0 Å². The molecule has 1 unspecified atom stereocenters. The van der Waals surface area contributed by atoms with Crippen LogP contribution in [-0.2, 0) is 6.42 Å². The molecule has 1 aromatic rings. The lowest BCUT2D eigenvalue weighted by atomic mass is 10.1. The Balaban J connectivity index is 1.94. The van der Waals surface area contributed by atoms with Crippen molar-refractivity contribution in [3.63, 3.8) is 0 Å². The van der Waals surface area contributed by atoms with E-state index in [0.717, 1.165) is 38.1 Å². The van der Waals surface area contributed by atoms with E-state index in [4.69, 9.17) is 10.5 Å². The lowest BCUT2D eigenvalue weighted by molar-refractivity contribution is 0.103. The number of aryl methyl sites for hydroxylation is 1. The summed E-state index contributed by atoms with van der Waals surface area (Å²) in [6.45, 7) is 3.01. The van der Waals surface area contributed by atoms with Gasteiger partial charge in [-0.15, -0.1) is 0 Å². The van der Waals surface area contributed by atoms with Crippen molar-refractivity contribution >= 4 is 0 Å². The number of nitrogens with zero attached hydrogens (tertiary/aromatic N) is 1. The first-order chi connectivity index (χ1) is 9.29. The third-order valence-corrected chi connectivity index (χ3v) is 3.75. The smallest absolute Gasteiger partial charge is 0.122 e. The predicted octanol–water partition coefficient (Wildman–Crippen LogP) is 2.44. The average molecular weight is 262 g/mol. The van der Waals surface area contributed by atoms with Gasteiger partial charge < -0.3 is 15.4 Å². The molecule has 3 heteroatoms. The predicted molar refractivity (Wildman–Crippen MR) is 79.6 cm³/mol. The van der Waals surface area contributed by atoms with Crippen molar-refractivity contribution in [2.24, 2.45) is 5.73 Å². The van der Waals surface area contributed by atoms with Crippen molar-refractivity contribution in [2.45, 2.75) is 38.2 Å². The lowest BCUT2D eigenvalue weighted by Crippen LogP contribution is -2.38. The van der Waals surface area contributed by atoms with Crippen LogP contribution in [0.3, 0.4) is 0 Å². The van der Waals surface area contributed by atoms with Crippen LogP contribution in [-0.4, -0.2) is 37.7 Å². The molecule has 0 aromatic heterocycles. The van der Waals surface area contributed by atoms with Crippen LogP contribution in [0.15, 0.2) is 24.3 Å². The molecule has 0 radical (unpaired) electrons. The van der Waals surface area contributed by atoms with E-state index < -0.39 is 0 Å². The number of hydrogen-bond donors (Lipinski definition) is 1. The van der Waals surface area contributed by atoms with Gasteiger partial charge in [0.05, 0.1) is 0 Å². The van der Waals surface area contributed by atoms with Crippen LogP contribution in [0.1, 0.15) is 31.2 Å². The van der Waals surface area contributed by atoms with Crippen molar-refractivity contribution in [1.82, 2.24) is 4.90 Å². The molecule has 1 fully saturated rings. The number of likely N-dealkylation sites (tertiary alicyclic amines) is 1. The molecule has 106 valence electrons. The first-order valence-corrected chi connectivity index (χ1v) is 7.43. The topological polar surface area (TPSA) is 38.5 Å². The maximum Gasteiger partial charge on any atom is 0.122 e. The molecular weight excluding hydrogens is 236 g/mol. The van der Waals surface area contributed by atoms with Crippen LogP contribution < -0.4 is 10.5 Å². The van der Waals surface area contributed by atoms with Gasteiger partial charge in [0, 0.05) is 6.54 Å². The molecule has 1 saturated heterocycles. The Morgan fingerprint density at radius 3 is 2.95 bits per heavy atom. The second-order valence-electron chi connectivity index (χ2n) is 5.50. The quantitative estimate of drug-likeness (QED) is 0.800. The second kappa shape index (κ2) is 7.51. The normalized spacial score (nSPS) is 20.4. The minimum atomic E-state index is 0.342. The average Bonchev–Trinajstić information content (AvgIpc) is 2.41. The lowest BCUT2D eigenvalue weighted by Gasteiger charge is -2.30. The summed E-state index contributed by atoms with van der Waals surface area (Å²) >= 11 is 0. The second-order valence-corrected chi connectivity index (χ2v) is 5.50. The van der Waals surface area contributed by atoms with Gasteiger partial charge in [-0.25, -0.2) is 0 Å². The first kappa shape index (κ1) is 14.4. The molecule has 1 aliphatic heterocycles. The van der Waals surface area contributed by atoms with E-state index in [0.29, 0.717) is 6.10 Å². The van der Waals surface area contributed by atoms with Crippen molar-refractivity contribution in [1.29, 1.82) is 0 Å². The third-order valence-electron chi connectivity index (χ3n) is 3.75. The summed E-state index contributed by atoms with van der Waals surface area (Å²) in [6, 6.07) is 8.44. The van der Waals surface area contributed by atoms with Gasteiger partial charge in [-0.05, 0) is 63.9 Å². The van der Waals surface area contributed by atoms with Gasteiger partial charge in [-0.1, -0.05) is 18.2 Å². The number of piperidine rings is 1. The number of likely N-dealkylation sites (N-methyl/N-ethyl adjacent to an activating group) is 1. The Bertz CT molecular complexity index is 381. The van der Waals surface area contributed by atoms with E-state index in [1.165, 1.54) is 24.9 Å². The number of hydrogen-bond acceptors (Lipinski definition) is 3. The maximum atomic E-state index is 6.21. The van der Waals surface area contributed by atoms with Gasteiger partial charge >= 0.3 is 0 Å². The van der Waals surface area contributed by atoms with E-state index in [1.54, 1.807) is 0 Å². The fourth-order valence-corrected chi connectivity index (χ4v) is 2.68. The molecule has 19 heavy (non-hydrogen) atoms. The van der Waals surface area contributed by atoms with Gasteiger partial charge in [0.1, 0.15) is 11.9 Å². The number of unbranched alkanes of at least 4 members (excludes halogenated alkanes) is 1. The Labute approximate surface area is 116 Å². The maximum absolute atomic E-state index is 6.21. The van der Waals surface area contributed by atoms with Crippen molar-refractivity contribution in [3.8, 4) is 5.75 Å².